The van der Waals surface area contributed by atoms with Gasteiger partial charge in [-0.1, -0.05) is 45.1 Å². The van der Waals surface area contributed by atoms with Crippen molar-refractivity contribution in [3.05, 3.63) is 33.2 Å². The lowest BCUT2D eigenvalue weighted by Crippen LogP contribution is -2.49. The maximum atomic E-state index is 12.7. The molecule has 1 aromatic heterocycles. The first-order chi connectivity index (χ1) is 18.2. The number of carbonyl (C=O) groups is 3. The Bertz CT molecular complexity index is 1070. The summed E-state index contributed by atoms with van der Waals surface area (Å²) in [6.07, 6.45) is 0.792. The number of hydrogen-bond donors (Lipinski definition) is 1. The van der Waals surface area contributed by atoms with Crippen LogP contribution in [-0.4, -0.2) is 52.0 Å². The lowest BCUT2D eigenvalue weighted by molar-refractivity contribution is -0.179. The molecule has 0 aromatic carbocycles. The molecule has 1 fully saturated rings. The fourth-order valence-electron chi connectivity index (χ4n) is 3.80. The van der Waals surface area contributed by atoms with Crippen molar-refractivity contribution in [2.24, 2.45) is 5.11 Å². The van der Waals surface area contributed by atoms with Crippen molar-refractivity contribution < 1.29 is 33.3 Å². The van der Waals surface area contributed by atoms with Gasteiger partial charge in [-0.2, -0.15) is 4.98 Å². The molecule has 0 aliphatic carbocycles. The van der Waals surface area contributed by atoms with E-state index < -0.39 is 54.4 Å². The van der Waals surface area contributed by atoms with Crippen LogP contribution in [0.2, 0.25) is 0 Å². The molecular formula is C24H36N6O8. The maximum Gasteiger partial charge on any atom is 0.351 e. The molecule has 1 aliphatic heterocycles. The van der Waals surface area contributed by atoms with Crippen LogP contribution in [0.4, 0.5) is 5.82 Å². The fraction of sp³-hybridized carbons (Fsp3) is 0.708. The van der Waals surface area contributed by atoms with Crippen LogP contribution in [0.5, 0.6) is 0 Å². The largest absolute Gasteiger partial charge is 0.462 e. The van der Waals surface area contributed by atoms with Crippen LogP contribution in [-0.2, 0) is 33.3 Å². The summed E-state index contributed by atoms with van der Waals surface area (Å²) < 4.78 is 23.7. The molecule has 1 aliphatic rings. The van der Waals surface area contributed by atoms with Gasteiger partial charge in [0.2, 0.25) is 5.72 Å². The molecule has 14 heteroatoms. The number of carbonyl (C=O) groups excluding carboxylic acids is 3. The van der Waals surface area contributed by atoms with Gasteiger partial charge in [-0.05, 0) is 30.9 Å². The molecule has 0 amide bonds. The average molecular weight is 537 g/mol. The van der Waals surface area contributed by atoms with E-state index in [2.05, 4.69) is 15.0 Å². The number of nitrogens with zero attached hydrogens (tertiary/aromatic N) is 5. The van der Waals surface area contributed by atoms with Gasteiger partial charge < -0.3 is 24.7 Å². The summed E-state index contributed by atoms with van der Waals surface area (Å²) in [4.78, 5) is 57.0. The van der Waals surface area contributed by atoms with E-state index in [1.807, 2.05) is 20.8 Å². The number of rotatable bonds is 15. The number of azide groups is 1. The minimum absolute atomic E-state index is 0.0280. The maximum absolute atomic E-state index is 12.7. The first-order valence-corrected chi connectivity index (χ1v) is 12.8. The molecule has 2 heterocycles. The summed E-state index contributed by atoms with van der Waals surface area (Å²) in [6.45, 7) is 5.04. The zero-order chi connectivity index (χ0) is 28.1. The van der Waals surface area contributed by atoms with Gasteiger partial charge in [0.15, 0.2) is 18.4 Å². The number of nitrogen functional groups attached to an aromatic ring is 1. The Morgan fingerprint density at radius 1 is 1.08 bits per heavy atom. The number of anilines is 1. The smallest absolute Gasteiger partial charge is 0.351 e. The zero-order valence-electron chi connectivity index (χ0n) is 22.0. The van der Waals surface area contributed by atoms with Crippen molar-refractivity contribution in [2.45, 2.75) is 103 Å². The summed E-state index contributed by atoms with van der Waals surface area (Å²) in [7, 11) is 0. The van der Waals surface area contributed by atoms with Crippen molar-refractivity contribution in [2.75, 3.05) is 12.3 Å². The molecule has 0 spiro atoms. The molecule has 2 rings (SSSR count). The van der Waals surface area contributed by atoms with Crippen molar-refractivity contribution in [3.63, 3.8) is 0 Å². The van der Waals surface area contributed by atoms with E-state index in [9.17, 15) is 24.7 Å². The number of aromatic nitrogens is 2. The second-order valence-electron chi connectivity index (χ2n) is 8.92. The molecule has 1 aromatic rings. The third-order valence-corrected chi connectivity index (χ3v) is 5.86. The van der Waals surface area contributed by atoms with Crippen LogP contribution in [0.1, 0.15) is 84.8 Å². The van der Waals surface area contributed by atoms with Gasteiger partial charge in [0.05, 0.1) is 0 Å². The van der Waals surface area contributed by atoms with E-state index in [-0.39, 0.29) is 25.1 Å². The quantitative estimate of drug-likeness (QED) is 0.114. The van der Waals surface area contributed by atoms with Crippen LogP contribution in [0.25, 0.3) is 10.4 Å². The Labute approximate surface area is 220 Å². The van der Waals surface area contributed by atoms with Crippen LogP contribution >= 0.6 is 0 Å². The first kappa shape index (κ1) is 30.6. The highest BCUT2D eigenvalue weighted by atomic mass is 16.7. The highest BCUT2D eigenvalue weighted by Gasteiger charge is 2.61. The van der Waals surface area contributed by atoms with E-state index in [0.29, 0.717) is 32.1 Å². The van der Waals surface area contributed by atoms with Crippen molar-refractivity contribution >= 4 is 23.7 Å². The molecule has 4 unspecified atom stereocenters. The van der Waals surface area contributed by atoms with Gasteiger partial charge in [-0.25, -0.2) is 4.79 Å². The normalized spacial score (nSPS) is 22.3. The third kappa shape index (κ3) is 8.18. The first-order valence-electron chi connectivity index (χ1n) is 12.8. The lowest BCUT2D eigenvalue weighted by Gasteiger charge is -2.29. The Hall–Kier alpha value is -3.64. The van der Waals surface area contributed by atoms with E-state index in [0.717, 1.165) is 11.0 Å². The minimum Gasteiger partial charge on any atom is -0.462 e. The van der Waals surface area contributed by atoms with Crippen LogP contribution in [0, 0.1) is 0 Å². The Morgan fingerprint density at radius 2 is 1.66 bits per heavy atom. The van der Waals surface area contributed by atoms with Gasteiger partial charge in [-0.3, -0.25) is 19.0 Å². The molecule has 0 saturated carbocycles. The highest BCUT2D eigenvalue weighted by molar-refractivity contribution is 5.71. The number of hydrogen-bond acceptors (Lipinski definition) is 11. The second-order valence-corrected chi connectivity index (χ2v) is 8.92. The summed E-state index contributed by atoms with van der Waals surface area (Å²) in [5.41, 5.74) is 12.0. The Kier molecular flexibility index (Phi) is 12.0. The third-order valence-electron chi connectivity index (χ3n) is 5.86. The van der Waals surface area contributed by atoms with Crippen LogP contribution in [0.15, 0.2) is 22.2 Å². The number of ether oxygens (including phenoxy) is 4. The van der Waals surface area contributed by atoms with Gasteiger partial charge in [-0.15, -0.1) is 0 Å². The predicted molar refractivity (Wildman–Crippen MR) is 134 cm³/mol. The van der Waals surface area contributed by atoms with Gasteiger partial charge >= 0.3 is 23.6 Å². The Morgan fingerprint density at radius 3 is 2.21 bits per heavy atom. The Balaban J connectivity index is 2.58. The summed E-state index contributed by atoms with van der Waals surface area (Å²) in [5.74, 6) is -1.97. The van der Waals surface area contributed by atoms with Gasteiger partial charge in [0.25, 0.3) is 0 Å². The number of esters is 3. The molecule has 1 saturated heterocycles. The number of unbranched alkanes of at least 4 members (excludes halogenated alkanes) is 3. The monoisotopic (exact) mass is 536 g/mol. The fourth-order valence-corrected chi connectivity index (χ4v) is 3.80. The van der Waals surface area contributed by atoms with E-state index in [1.165, 1.54) is 12.3 Å². The number of nitrogens with two attached hydrogens (primary N) is 1. The van der Waals surface area contributed by atoms with Gasteiger partial charge in [0.1, 0.15) is 12.4 Å². The molecule has 38 heavy (non-hydrogen) atoms. The van der Waals surface area contributed by atoms with Crippen LogP contribution in [0.3, 0.4) is 0 Å². The zero-order valence-corrected chi connectivity index (χ0v) is 22.0. The second kappa shape index (κ2) is 14.9. The summed E-state index contributed by atoms with van der Waals surface area (Å²) in [6, 6.07) is 1.32. The highest BCUT2D eigenvalue weighted by Crippen LogP contribution is 2.42. The van der Waals surface area contributed by atoms with Crippen LogP contribution < -0.4 is 11.4 Å². The van der Waals surface area contributed by atoms with E-state index in [4.69, 9.17) is 24.7 Å². The van der Waals surface area contributed by atoms with Crippen molar-refractivity contribution in [1.82, 2.24) is 9.55 Å². The standard InChI is InChI=1S/C24H36N6O8/c1-4-7-10-17(31)35-15-24(28-29-26)21(37-19(33)12-9-6-3)20(36-18(32)11-8-5-2)22(38-24)30-14-13-16(25)27-23(30)34/h13-14,20-22H,4-12,15H2,1-3H3,(H2,25,27,34). The van der Waals surface area contributed by atoms with E-state index in [1.54, 1.807) is 0 Å². The van der Waals surface area contributed by atoms with Crippen molar-refractivity contribution in [3.8, 4) is 0 Å². The van der Waals surface area contributed by atoms with Crippen molar-refractivity contribution in [1.29, 1.82) is 0 Å². The summed E-state index contributed by atoms with van der Waals surface area (Å²) in [5, 5.41) is 3.72. The molecule has 14 nitrogen and oxygen atoms in total. The molecule has 2 N–H and O–H groups in total. The minimum atomic E-state index is -2.14. The van der Waals surface area contributed by atoms with E-state index >= 15 is 0 Å². The van der Waals surface area contributed by atoms with Gasteiger partial charge in [0, 0.05) is 30.4 Å². The molecule has 210 valence electrons. The molecule has 0 bridgehead atoms. The predicted octanol–water partition coefficient (Wildman–Crippen LogP) is 3.30. The SMILES string of the molecule is CCCCC(=O)OCC1(N=[N+]=[N-])OC(n2ccc(N)nc2=O)C(OC(=O)CCCC)C1OC(=O)CCCC. The summed E-state index contributed by atoms with van der Waals surface area (Å²) >= 11 is 0. The molecule has 4 atom stereocenters. The lowest BCUT2D eigenvalue weighted by atomic mass is 10.0. The molecular weight excluding hydrogens is 500 g/mol. The average Bonchev–Trinajstić information content (AvgIpc) is 3.16. The molecule has 0 radical (unpaired) electrons. The topological polar surface area (TPSA) is 198 Å².